The van der Waals surface area contributed by atoms with E-state index < -0.39 is 0 Å². The molecular weight excluding hydrogens is 406 g/mol. The largest absolute Gasteiger partial charge is 0.493 e. The van der Waals surface area contributed by atoms with Gasteiger partial charge in [-0.3, -0.25) is 4.79 Å². The number of aromatic nitrogens is 1. The number of thioether (sulfide) groups is 1. The molecule has 2 aromatic carbocycles. The number of anilines is 1. The summed E-state index contributed by atoms with van der Waals surface area (Å²) in [7, 11) is 3.21. The molecule has 0 fully saturated rings. The summed E-state index contributed by atoms with van der Waals surface area (Å²) in [5.41, 5.74) is 8.91. The molecule has 3 rings (SSSR count). The molecule has 29 heavy (non-hydrogen) atoms. The Hall–Kier alpha value is -2.71. The highest BCUT2D eigenvalue weighted by atomic mass is 32.2. The van der Waals surface area contributed by atoms with E-state index in [9.17, 15) is 4.79 Å². The zero-order valence-electron chi connectivity index (χ0n) is 16.3. The number of methoxy groups -OCH3 is 2. The minimum absolute atomic E-state index is 0.0366. The predicted octanol–water partition coefficient (Wildman–Crippen LogP) is 3.86. The lowest BCUT2D eigenvalue weighted by Crippen LogP contribution is -2.27. The molecule has 0 radical (unpaired) electrons. The fraction of sp³-hybridized carbons (Fsp3) is 0.238. The van der Waals surface area contributed by atoms with Crippen LogP contribution in [0, 0.1) is 0 Å². The lowest BCUT2D eigenvalue weighted by atomic mass is 10.1. The number of nitrogens with zero attached hydrogens (tertiary/aromatic N) is 1. The third-order valence-corrected chi connectivity index (χ3v) is 6.22. The summed E-state index contributed by atoms with van der Waals surface area (Å²) in [4.78, 5) is 16.7. The maximum atomic E-state index is 12.2. The number of hydrogen-bond donors (Lipinski definition) is 2. The number of amides is 1. The minimum atomic E-state index is -0.0366. The van der Waals surface area contributed by atoms with Gasteiger partial charge in [0, 0.05) is 12.1 Å². The van der Waals surface area contributed by atoms with Gasteiger partial charge in [0.05, 0.1) is 20.0 Å². The molecule has 0 spiro atoms. The van der Waals surface area contributed by atoms with Crippen molar-refractivity contribution < 1.29 is 14.3 Å². The Morgan fingerprint density at radius 3 is 2.62 bits per heavy atom. The average molecular weight is 430 g/mol. The highest BCUT2D eigenvalue weighted by molar-refractivity contribution is 8.01. The van der Waals surface area contributed by atoms with Crippen LogP contribution in [-0.4, -0.2) is 37.4 Å². The zero-order chi connectivity index (χ0) is 20.6. The molecule has 0 aliphatic rings. The molecule has 3 N–H and O–H groups in total. The quantitative estimate of drug-likeness (QED) is 0.502. The first kappa shape index (κ1) is 21.0. The van der Waals surface area contributed by atoms with Gasteiger partial charge in [0.25, 0.3) is 0 Å². The Morgan fingerprint density at radius 1 is 1.14 bits per heavy atom. The molecule has 0 bridgehead atoms. The first-order valence-corrected chi connectivity index (χ1v) is 10.8. The molecule has 0 aliphatic heterocycles. The molecule has 0 aliphatic carbocycles. The molecule has 8 heteroatoms. The van der Waals surface area contributed by atoms with Crippen molar-refractivity contribution in [3.8, 4) is 22.8 Å². The average Bonchev–Trinajstić information content (AvgIpc) is 3.13. The van der Waals surface area contributed by atoms with Crippen molar-refractivity contribution in [1.29, 1.82) is 0 Å². The number of carbonyl (C=O) groups is 1. The lowest BCUT2D eigenvalue weighted by Gasteiger charge is -2.10. The third kappa shape index (κ3) is 5.65. The lowest BCUT2D eigenvalue weighted by molar-refractivity contribution is -0.118. The topological polar surface area (TPSA) is 86.5 Å². The summed E-state index contributed by atoms with van der Waals surface area (Å²) in [5, 5.41) is 3.59. The predicted molar refractivity (Wildman–Crippen MR) is 119 cm³/mol. The van der Waals surface area contributed by atoms with Crippen LogP contribution in [0.1, 0.15) is 5.56 Å². The van der Waals surface area contributed by atoms with Gasteiger partial charge in [-0.15, -0.1) is 0 Å². The van der Waals surface area contributed by atoms with Crippen molar-refractivity contribution in [3.05, 3.63) is 54.1 Å². The summed E-state index contributed by atoms with van der Waals surface area (Å²) in [6.07, 6.45) is 0.707. The maximum Gasteiger partial charge on any atom is 0.230 e. The van der Waals surface area contributed by atoms with Gasteiger partial charge in [0.2, 0.25) is 5.91 Å². The second-order valence-electron chi connectivity index (χ2n) is 6.14. The molecular formula is C21H23N3O3S2. The number of nitrogens with two attached hydrogens (primary N) is 1. The van der Waals surface area contributed by atoms with Crippen molar-refractivity contribution in [2.45, 2.75) is 10.8 Å². The molecule has 0 saturated heterocycles. The monoisotopic (exact) mass is 429 g/mol. The van der Waals surface area contributed by atoms with Gasteiger partial charge in [0.1, 0.15) is 10.7 Å². The van der Waals surface area contributed by atoms with Gasteiger partial charge in [0.15, 0.2) is 15.8 Å². The van der Waals surface area contributed by atoms with Crippen molar-refractivity contribution in [2.24, 2.45) is 0 Å². The van der Waals surface area contributed by atoms with Crippen molar-refractivity contribution >= 4 is 34.0 Å². The van der Waals surface area contributed by atoms with Crippen molar-refractivity contribution in [3.63, 3.8) is 0 Å². The molecule has 0 unspecified atom stereocenters. The Balaban J connectivity index is 1.47. The van der Waals surface area contributed by atoms with E-state index in [2.05, 4.69) is 10.3 Å². The molecule has 6 nitrogen and oxygen atoms in total. The van der Waals surface area contributed by atoms with E-state index in [1.54, 1.807) is 14.2 Å². The fourth-order valence-electron chi connectivity index (χ4n) is 2.74. The van der Waals surface area contributed by atoms with Gasteiger partial charge in [-0.2, -0.15) is 0 Å². The number of nitrogen functional groups attached to an aromatic ring is 1. The van der Waals surface area contributed by atoms with Crippen LogP contribution in [0.25, 0.3) is 11.3 Å². The summed E-state index contributed by atoms with van der Waals surface area (Å²) in [6, 6.07) is 15.5. The van der Waals surface area contributed by atoms with E-state index in [4.69, 9.17) is 15.2 Å². The number of ether oxygens (including phenoxy) is 2. The molecule has 0 saturated carbocycles. The molecule has 1 aromatic heterocycles. The fourth-order valence-corrected chi connectivity index (χ4v) is 4.52. The first-order valence-electron chi connectivity index (χ1n) is 9.03. The first-order chi connectivity index (χ1) is 14.1. The van der Waals surface area contributed by atoms with Crippen LogP contribution in [0.15, 0.2) is 52.9 Å². The Bertz CT molecular complexity index is 961. The normalized spacial score (nSPS) is 10.6. The SMILES string of the molecule is COc1ccc(CCNC(=O)CSc2nc(-c3ccccc3)c(N)s2)cc1OC. The number of rotatable bonds is 9. The van der Waals surface area contributed by atoms with Crippen LogP contribution in [0.4, 0.5) is 5.00 Å². The number of thiazole rings is 1. The summed E-state index contributed by atoms with van der Waals surface area (Å²) >= 11 is 2.80. The van der Waals surface area contributed by atoms with Crippen molar-refractivity contribution in [2.75, 3.05) is 32.3 Å². The van der Waals surface area contributed by atoms with E-state index in [0.717, 1.165) is 21.2 Å². The van der Waals surface area contributed by atoms with E-state index in [1.165, 1.54) is 23.1 Å². The maximum absolute atomic E-state index is 12.2. The van der Waals surface area contributed by atoms with Crippen LogP contribution in [0.2, 0.25) is 0 Å². The van der Waals surface area contributed by atoms with Crippen LogP contribution < -0.4 is 20.5 Å². The summed E-state index contributed by atoms with van der Waals surface area (Å²) in [6.45, 7) is 0.546. The standard InChI is InChI=1S/C21H23N3O3S2/c1-26-16-9-8-14(12-17(16)27-2)10-11-23-18(25)13-28-21-24-19(20(22)29-21)15-6-4-3-5-7-15/h3-9,12H,10-11,13,22H2,1-2H3,(H,23,25). The van der Waals surface area contributed by atoms with Crippen LogP contribution in [0.5, 0.6) is 11.5 Å². The number of benzene rings is 2. The Labute approximate surface area is 178 Å². The van der Waals surface area contributed by atoms with Crippen molar-refractivity contribution in [1.82, 2.24) is 10.3 Å². The van der Waals surface area contributed by atoms with Gasteiger partial charge in [-0.1, -0.05) is 59.5 Å². The zero-order valence-corrected chi connectivity index (χ0v) is 17.9. The molecule has 3 aromatic rings. The number of carbonyl (C=O) groups excluding carboxylic acids is 1. The number of nitrogens with one attached hydrogen (secondary N) is 1. The van der Waals surface area contributed by atoms with Crippen LogP contribution in [-0.2, 0) is 11.2 Å². The van der Waals surface area contributed by atoms with Gasteiger partial charge in [-0.25, -0.2) is 4.98 Å². The Morgan fingerprint density at radius 2 is 1.90 bits per heavy atom. The van der Waals surface area contributed by atoms with Gasteiger partial charge >= 0.3 is 0 Å². The van der Waals surface area contributed by atoms with Gasteiger partial charge < -0.3 is 20.5 Å². The van der Waals surface area contributed by atoms with Gasteiger partial charge in [-0.05, 0) is 24.1 Å². The van der Waals surface area contributed by atoms with E-state index in [-0.39, 0.29) is 5.91 Å². The second kappa shape index (κ2) is 10.2. The molecule has 0 atom stereocenters. The molecule has 1 heterocycles. The molecule has 152 valence electrons. The summed E-state index contributed by atoms with van der Waals surface area (Å²) < 4.78 is 11.3. The van der Waals surface area contributed by atoms with E-state index in [0.29, 0.717) is 35.2 Å². The highest BCUT2D eigenvalue weighted by Crippen LogP contribution is 2.35. The number of hydrogen-bond acceptors (Lipinski definition) is 7. The van der Waals surface area contributed by atoms with Crippen LogP contribution in [0.3, 0.4) is 0 Å². The van der Waals surface area contributed by atoms with E-state index >= 15 is 0 Å². The second-order valence-corrected chi connectivity index (χ2v) is 8.39. The highest BCUT2D eigenvalue weighted by Gasteiger charge is 2.12. The van der Waals surface area contributed by atoms with Crippen LogP contribution >= 0.6 is 23.1 Å². The smallest absolute Gasteiger partial charge is 0.230 e. The Kier molecular flexibility index (Phi) is 7.37. The minimum Gasteiger partial charge on any atom is -0.493 e. The van der Waals surface area contributed by atoms with E-state index in [1.807, 2.05) is 48.5 Å². The molecule has 1 amide bonds. The summed E-state index contributed by atoms with van der Waals surface area (Å²) in [5.74, 6) is 1.63. The third-order valence-electron chi connectivity index (χ3n) is 4.19.